The van der Waals surface area contributed by atoms with Gasteiger partial charge in [0.05, 0.1) is 5.56 Å². The first-order valence-electron chi connectivity index (χ1n) is 7.45. The number of benzene rings is 2. The standard InChI is InChI=1S/C17H8F8O4S/c1-2-7-3-5-8(6-4-7)14(26)9-12(18)10(16(20,21)22)15(30(27,28)29)11(13(9)19)17(23,24)25/h2-6H,1H2,(H,27,28,29). The summed E-state index contributed by atoms with van der Waals surface area (Å²) in [5.41, 5.74) is -8.91. The summed E-state index contributed by atoms with van der Waals surface area (Å²) in [6.45, 7) is 3.37. The van der Waals surface area contributed by atoms with Crippen molar-refractivity contribution in [3.8, 4) is 0 Å². The maximum Gasteiger partial charge on any atom is 0.420 e. The van der Waals surface area contributed by atoms with Crippen molar-refractivity contribution in [2.45, 2.75) is 17.2 Å². The van der Waals surface area contributed by atoms with Gasteiger partial charge in [-0.2, -0.15) is 34.8 Å². The van der Waals surface area contributed by atoms with E-state index < -0.39 is 67.0 Å². The normalized spacial score (nSPS) is 12.7. The highest BCUT2D eigenvalue weighted by Gasteiger charge is 2.51. The van der Waals surface area contributed by atoms with Crippen molar-refractivity contribution in [1.82, 2.24) is 0 Å². The van der Waals surface area contributed by atoms with E-state index in [0.717, 1.165) is 24.3 Å². The van der Waals surface area contributed by atoms with E-state index in [1.165, 1.54) is 6.08 Å². The van der Waals surface area contributed by atoms with Gasteiger partial charge in [0.1, 0.15) is 16.0 Å². The summed E-state index contributed by atoms with van der Waals surface area (Å²) >= 11 is 0. The van der Waals surface area contributed by atoms with Gasteiger partial charge in [-0.3, -0.25) is 9.35 Å². The molecule has 0 heterocycles. The summed E-state index contributed by atoms with van der Waals surface area (Å²) < 4.78 is 140. The van der Waals surface area contributed by atoms with Crippen LogP contribution in [-0.2, 0) is 22.5 Å². The molecule has 4 nitrogen and oxygen atoms in total. The van der Waals surface area contributed by atoms with Crippen LogP contribution in [0.3, 0.4) is 0 Å². The van der Waals surface area contributed by atoms with Crippen LogP contribution in [0.4, 0.5) is 35.1 Å². The Morgan fingerprint density at radius 2 is 1.30 bits per heavy atom. The monoisotopic (exact) mass is 460 g/mol. The third-order valence-corrected chi connectivity index (χ3v) is 4.72. The van der Waals surface area contributed by atoms with E-state index >= 15 is 0 Å². The molecule has 0 atom stereocenters. The summed E-state index contributed by atoms with van der Waals surface area (Å²) in [5.74, 6) is -7.75. The van der Waals surface area contributed by atoms with Gasteiger partial charge in [0, 0.05) is 5.56 Å². The van der Waals surface area contributed by atoms with Crippen LogP contribution in [0.2, 0.25) is 0 Å². The molecule has 0 aliphatic rings. The Hall–Kier alpha value is -2.80. The molecule has 30 heavy (non-hydrogen) atoms. The zero-order valence-electron chi connectivity index (χ0n) is 14.2. The lowest BCUT2D eigenvalue weighted by molar-refractivity contribution is -0.150. The van der Waals surface area contributed by atoms with Gasteiger partial charge >= 0.3 is 12.4 Å². The predicted molar refractivity (Wildman–Crippen MR) is 86.1 cm³/mol. The smallest absolute Gasteiger partial charge is 0.288 e. The Bertz CT molecular complexity index is 1090. The summed E-state index contributed by atoms with van der Waals surface area (Å²) in [7, 11) is -6.43. The van der Waals surface area contributed by atoms with E-state index in [4.69, 9.17) is 4.55 Å². The number of hydrogen-bond acceptors (Lipinski definition) is 3. The molecule has 13 heteroatoms. The average molecular weight is 460 g/mol. The minimum absolute atomic E-state index is 0.362. The summed E-state index contributed by atoms with van der Waals surface area (Å²) in [6, 6.07) is 3.99. The fourth-order valence-electron chi connectivity index (χ4n) is 2.55. The van der Waals surface area contributed by atoms with Gasteiger partial charge in [-0.1, -0.05) is 36.9 Å². The Labute approximate surface area is 163 Å². The number of rotatable bonds is 4. The topological polar surface area (TPSA) is 71.4 Å². The number of ketones is 1. The molecule has 0 aromatic heterocycles. The molecular formula is C17H8F8O4S. The van der Waals surface area contributed by atoms with Crippen LogP contribution in [0.15, 0.2) is 35.7 Å². The van der Waals surface area contributed by atoms with Crippen LogP contribution in [0.25, 0.3) is 6.08 Å². The lowest BCUT2D eigenvalue weighted by atomic mass is 9.95. The van der Waals surface area contributed by atoms with E-state index in [-0.39, 0.29) is 0 Å². The largest absolute Gasteiger partial charge is 0.420 e. The first-order chi connectivity index (χ1) is 13.5. The Kier molecular flexibility index (Phi) is 5.84. The third kappa shape index (κ3) is 4.21. The molecule has 0 bridgehead atoms. The van der Waals surface area contributed by atoms with Gasteiger partial charge in [0.15, 0.2) is 17.4 Å². The fourth-order valence-corrected chi connectivity index (χ4v) is 3.48. The van der Waals surface area contributed by atoms with Crippen LogP contribution >= 0.6 is 0 Å². The lowest BCUT2D eigenvalue weighted by Crippen LogP contribution is -2.26. The zero-order valence-corrected chi connectivity index (χ0v) is 15.0. The molecule has 0 radical (unpaired) electrons. The van der Waals surface area contributed by atoms with Crippen LogP contribution in [0.5, 0.6) is 0 Å². The molecule has 0 spiro atoms. The maximum atomic E-state index is 14.5. The van der Waals surface area contributed by atoms with Crippen LogP contribution in [-0.4, -0.2) is 18.8 Å². The number of carbonyl (C=O) groups is 1. The maximum absolute atomic E-state index is 14.5. The number of hydrogen-bond donors (Lipinski definition) is 1. The molecular weight excluding hydrogens is 452 g/mol. The van der Waals surface area contributed by atoms with Gasteiger partial charge in [-0.05, 0) is 5.56 Å². The fraction of sp³-hybridized carbons (Fsp3) is 0.118. The molecule has 2 rings (SSSR count). The predicted octanol–water partition coefficient (Wildman–Crippen LogP) is 5.12. The first-order valence-corrected chi connectivity index (χ1v) is 8.89. The quantitative estimate of drug-likeness (QED) is 0.391. The molecule has 2 aromatic carbocycles. The lowest BCUT2D eigenvalue weighted by Gasteiger charge is -2.20. The molecule has 0 unspecified atom stereocenters. The van der Waals surface area contributed by atoms with E-state index in [2.05, 4.69) is 6.58 Å². The molecule has 0 fully saturated rings. The highest BCUT2D eigenvalue weighted by molar-refractivity contribution is 7.86. The third-order valence-electron chi connectivity index (χ3n) is 3.79. The molecule has 0 saturated carbocycles. The second-order valence-corrected chi connectivity index (χ2v) is 7.07. The number of alkyl halides is 6. The Morgan fingerprint density at radius 3 is 1.60 bits per heavy atom. The zero-order chi connectivity index (χ0) is 23.2. The number of carbonyl (C=O) groups excluding carboxylic acids is 1. The van der Waals surface area contributed by atoms with Gasteiger partial charge < -0.3 is 0 Å². The van der Waals surface area contributed by atoms with Crippen molar-refractivity contribution in [3.63, 3.8) is 0 Å². The van der Waals surface area contributed by atoms with Crippen molar-refractivity contribution < 1.29 is 52.9 Å². The Balaban J connectivity index is 3.05. The van der Waals surface area contributed by atoms with Crippen molar-refractivity contribution in [2.75, 3.05) is 0 Å². The highest BCUT2D eigenvalue weighted by Crippen LogP contribution is 2.46. The highest BCUT2D eigenvalue weighted by atomic mass is 32.2. The van der Waals surface area contributed by atoms with Crippen LogP contribution in [0.1, 0.15) is 32.6 Å². The molecule has 1 N–H and O–H groups in total. The van der Waals surface area contributed by atoms with E-state index in [0.29, 0.717) is 5.56 Å². The second-order valence-electron chi connectivity index (χ2n) is 5.71. The van der Waals surface area contributed by atoms with Crippen molar-refractivity contribution in [2.24, 2.45) is 0 Å². The summed E-state index contributed by atoms with van der Waals surface area (Å²) in [6.07, 6.45) is -11.0. The molecule has 0 aliphatic carbocycles. The van der Waals surface area contributed by atoms with E-state index in [9.17, 15) is 48.3 Å². The second kappa shape index (κ2) is 7.47. The first kappa shape index (κ1) is 23.5. The molecule has 0 aliphatic heterocycles. The van der Waals surface area contributed by atoms with Crippen LogP contribution in [0, 0.1) is 11.6 Å². The average Bonchev–Trinajstić information content (AvgIpc) is 2.58. The van der Waals surface area contributed by atoms with Crippen molar-refractivity contribution >= 4 is 22.0 Å². The van der Waals surface area contributed by atoms with Gasteiger partial charge in [0.2, 0.25) is 0 Å². The van der Waals surface area contributed by atoms with Crippen molar-refractivity contribution in [1.29, 1.82) is 0 Å². The molecule has 0 saturated heterocycles. The van der Waals surface area contributed by atoms with E-state index in [1.54, 1.807) is 0 Å². The Morgan fingerprint density at radius 1 is 0.900 bits per heavy atom. The number of halogens is 8. The van der Waals surface area contributed by atoms with Crippen LogP contribution < -0.4 is 0 Å². The summed E-state index contributed by atoms with van der Waals surface area (Å²) in [4.78, 5) is 9.28. The van der Waals surface area contributed by atoms with Gasteiger partial charge in [0.25, 0.3) is 10.1 Å². The van der Waals surface area contributed by atoms with Gasteiger partial charge in [-0.15, -0.1) is 0 Å². The SMILES string of the molecule is C=Cc1ccc(C(=O)c2c(F)c(C(F)(F)F)c(S(=O)(=O)O)c(C(F)(F)F)c2F)cc1. The van der Waals surface area contributed by atoms with E-state index in [1.807, 2.05) is 0 Å². The van der Waals surface area contributed by atoms with Crippen molar-refractivity contribution in [3.05, 3.63) is 70.3 Å². The minimum atomic E-state index is -6.43. The van der Waals surface area contributed by atoms with Gasteiger partial charge in [-0.25, -0.2) is 8.78 Å². The summed E-state index contributed by atoms with van der Waals surface area (Å²) in [5, 5.41) is 0. The molecule has 162 valence electrons. The molecule has 0 amide bonds. The minimum Gasteiger partial charge on any atom is -0.288 e. The molecule has 2 aromatic rings.